The molecule has 36 heavy (non-hydrogen) atoms. The van der Waals surface area contributed by atoms with Gasteiger partial charge in [-0.2, -0.15) is 0 Å². The number of nitro benzene ring substituents is 6. The lowest BCUT2D eigenvalue weighted by Crippen LogP contribution is -2.24. The van der Waals surface area contributed by atoms with Crippen LogP contribution in [0.1, 0.15) is 0 Å². The van der Waals surface area contributed by atoms with E-state index < -0.39 is 80.7 Å². The molecule has 21 nitrogen and oxygen atoms in total. The van der Waals surface area contributed by atoms with Crippen molar-refractivity contribution in [1.82, 2.24) is 9.13 Å². The van der Waals surface area contributed by atoms with Gasteiger partial charge in [0.2, 0.25) is 17.0 Å². The number of imidazole rings is 1. The molecule has 2 aromatic carbocycles. The zero-order valence-electron chi connectivity index (χ0n) is 16.9. The first-order chi connectivity index (χ1) is 16.8. The number of nitro groups is 6. The van der Waals surface area contributed by atoms with Gasteiger partial charge in [0, 0.05) is 12.4 Å². The van der Waals surface area contributed by atoms with Crippen LogP contribution < -0.4 is 5.62 Å². The number of rotatable bonds is 8. The molecule has 0 atom stereocenters. The van der Waals surface area contributed by atoms with Crippen LogP contribution in [0.5, 0.6) is 0 Å². The third-order valence-corrected chi connectivity index (χ3v) is 4.62. The molecule has 0 aliphatic rings. The SMILES string of the molecule is N=c1n(-c2c([N+](=O)[O-])cc([N+](=O)[O-])cc2[N+](=O)[O-])ccn1-c1c([N+](=O)[O-])cc([N+](=O)[O-])cc1[N+](=O)[O-]. The maximum Gasteiger partial charge on any atom is 0.307 e. The zero-order chi connectivity index (χ0) is 27.1. The summed E-state index contributed by atoms with van der Waals surface area (Å²) in [6, 6.07) is 1.51. The number of benzene rings is 2. The smallest absolute Gasteiger partial charge is 0.274 e. The quantitative estimate of drug-likeness (QED) is 0.340. The van der Waals surface area contributed by atoms with Crippen molar-refractivity contribution in [3.8, 4) is 11.4 Å². The van der Waals surface area contributed by atoms with Crippen molar-refractivity contribution >= 4 is 34.1 Å². The van der Waals surface area contributed by atoms with Crippen molar-refractivity contribution in [2.45, 2.75) is 0 Å². The maximum absolute atomic E-state index is 11.6. The van der Waals surface area contributed by atoms with E-state index in [1.807, 2.05) is 0 Å². The summed E-state index contributed by atoms with van der Waals surface area (Å²) in [5.41, 5.74) is -9.80. The topological polar surface area (TPSA) is 293 Å². The van der Waals surface area contributed by atoms with Crippen LogP contribution in [-0.4, -0.2) is 38.7 Å². The molecule has 1 aromatic heterocycles. The van der Waals surface area contributed by atoms with E-state index >= 15 is 0 Å². The first-order valence-corrected chi connectivity index (χ1v) is 8.84. The average Bonchev–Trinajstić information content (AvgIpc) is 3.17. The lowest BCUT2D eigenvalue weighted by molar-refractivity contribution is -0.403. The van der Waals surface area contributed by atoms with E-state index in [0.717, 1.165) is 12.4 Å². The summed E-state index contributed by atoms with van der Waals surface area (Å²) in [5.74, 6) is 0. The van der Waals surface area contributed by atoms with Crippen LogP contribution in [0.15, 0.2) is 36.7 Å². The Balaban J connectivity index is 2.45. The molecule has 0 unspecified atom stereocenters. The lowest BCUT2D eigenvalue weighted by Gasteiger charge is -2.07. The summed E-state index contributed by atoms with van der Waals surface area (Å²) >= 11 is 0. The zero-order valence-corrected chi connectivity index (χ0v) is 16.9. The van der Waals surface area contributed by atoms with E-state index in [4.69, 9.17) is 5.41 Å². The monoisotopic (exact) mass is 505 g/mol. The Labute approximate surface area is 193 Å². The molecule has 0 fully saturated rings. The third kappa shape index (κ3) is 4.00. The Bertz CT molecular complexity index is 1400. The van der Waals surface area contributed by atoms with Crippen molar-refractivity contribution in [3.63, 3.8) is 0 Å². The van der Waals surface area contributed by atoms with Crippen molar-refractivity contribution < 1.29 is 29.5 Å². The Kier molecular flexibility index (Phi) is 5.89. The lowest BCUT2D eigenvalue weighted by atomic mass is 10.2. The minimum absolute atomic E-state index is 0.378. The molecule has 0 saturated carbocycles. The molecule has 0 aliphatic heterocycles. The fourth-order valence-electron chi connectivity index (χ4n) is 3.19. The Morgan fingerprint density at radius 1 is 0.500 bits per heavy atom. The molecule has 0 amide bonds. The summed E-state index contributed by atoms with van der Waals surface area (Å²) in [7, 11) is 0. The van der Waals surface area contributed by atoms with Crippen LogP contribution in [0.25, 0.3) is 11.4 Å². The second kappa shape index (κ2) is 8.65. The molecule has 21 heteroatoms. The number of aromatic nitrogens is 2. The van der Waals surface area contributed by atoms with E-state index in [1.165, 1.54) is 0 Å². The van der Waals surface area contributed by atoms with Gasteiger partial charge < -0.3 is 0 Å². The molecular weight excluding hydrogens is 498 g/mol. The minimum atomic E-state index is -1.21. The van der Waals surface area contributed by atoms with Gasteiger partial charge in [0.05, 0.1) is 53.8 Å². The first-order valence-electron chi connectivity index (χ1n) is 8.84. The summed E-state index contributed by atoms with van der Waals surface area (Å²) in [6.45, 7) is 0. The van der Waals surface area contributed by atoms with Gasteiger partial charge in [-0.05, 0) is 0 Å². The largest absolute Gasteiger partial charge is 0.307 e. The molecule has 3 aromatic rings. The molecular formula is C15H7N9O12. The highest BCUT2D eigenvalue weighted by atomic mass is 16.6. The van der Waals surface area contributed by atoms with Crippen LogP contribution >= 0.6 is 0 Å². The number of hydrogen-bond acceptors (Lipinski definition) is 13. The Morgan fingerprint density at radius 2 is 0.750 bits per heavy atom. The van der Waals surface area contributed by atoms with Gasteiger partial charge in [-0.1, -0.05) is 0 Å². The predicted octanol–water partition coefficient (Wildman–Crippen LogP) is 2.20. The van der Waals surface area contributed by atoms with Gasteiger partial charge in [0.1, 0.15) is 0 Å². The van der Waals surface area contributed by atoms with Gasteiger partial charge in [0.25, 0.3) is 11.4 Å². The predicted molar refractivity (Wildman–Crippen MR) is 111 cm³/mol. The van der Waals surface area contributed by atoms with Crippen LogP contribution in [0.4, 0.5) is 34.1 Å². The van der Waals surface area contributed by atoms with Crippen LogP contribution in [0, 0.1) is 66.1 Å². The van der Waals surface area contributed by atoms with E-state index in [0.29, 0.717) is 33.4 Å². The Morgan fingerprint density at radius 3 is 0.944 bits per heavy atom. The van der Waals surface area contributed by atoms with E-state index in [1.54, 1.807) is 0 Å². The van der Waals surface area contributed by atoms with Crippen LogP contribution in [-0.2, 0) is 0 Å². The van der Waals surface area contributed by atoms with Gasteiger partial charge in [-0.25, -0.2) is 0 Å². The molecule has 0 bridgehead atoms. The highest BCUT2D eigenvalue weighted by Crippen LogP contribution is 2.38. The van der Waals surface area contributed by atoms with Crippen molar-refractivity contribution in [2.24, 2.45) is 0 Å². The fourth-order valence-corrected chi connectivity index (χ4v) is 3.19. The molecule has 0 saturated heterocycles. The molecule has 1 N–H and O–H groups in total. The van der Waals surface area contributed by atoms with E-state index in [9.17, 15) is 60.7 Å². The first kappa shape index (κ1) is 24.5. The molecule has 0 aliphatic carbocycles. The maximum atomic E-state index is 11.6. The summed E-state index contributed by atoms with van der Waals surface area (Å²) < 4.78 is 0.879. The summed E-state index contributed by atoms with van der Waals surface area (Å²) in [4.78, 5) is 61.3. The number of nitrogens with zero attached hydrogens (tertiary/aromatic N) is 8. The highest BCUT2D eigenvalue weighted by Gasteiger charge is 2.35. The molecule has 0 spiro atoms. The van der Waals surface area contributed by atoms with Crippen molar-refractivity contribution in [2.75, 3.05) is 0 Å². The molecule has 1 heterocycles. The number of nitrogens with one attached hydrogen (secondary N) is 1. The van der Waals surface area contributed by atoms with Gasteiger partial charge in [-0.3, -0.25) is 75.2 Å². The normalized spacial score (nSPS) is 10.6. The second-order valence-electron chi connectivity index (χ2n) is 6.57. The van der Waals surface area contributed by atoms with Crippen molar-refractivity contribution in [3.05, 3.63) is 103 Å². The summed E-state index contributed by atoms with van der Waals surface area (Å²) in [6.07, 6.45) is 1.50. The second-order valence-corrected chi connectivity index (χ2v) is 6.57. The third-order valence-electron chi connectivity index (χ3n) is 4.62. The van der Waals surface area contributed by atoms with Crippen molar-refractivity contribution in [1.29, 1.82) is 5.41 Å². The van der Waals surface area contributed by atoms with Gasteiger partial charge >= 0.3 is 22.7 Å². The van der Waals surface area contributed by atoms with E-state index in [2.05, 4.69) is 0 Å². The van der Waals surface area contributed by atoms with Crippen LogP contribution in [0.2, 0.25) is 0 Å². The number of hydrogen-bond donors (Lipinski definition) is 1. The Hall–Kier alpha value is -6.15. The average molecular weight is 505 g/mol. The standard InChI is InChI=1S/C15H7N9O12/c16-15-17(13-9(21(29)30)3-7(19(25)26)4-10(13)22(31)32)1-2-18(15)14-11(23(33)34)5-8(20(27)28)6-12(14)24(35)36/h1-6,16H. The van der Waals surface area contributed by atoms with Gasteiger partial charge in [0.15, 0.2) is 0 Å². The molecule has 3 rings (SSSR count). The fraction of sp³-hybridized carbons (Fsp3) is 0. The highest BCUT2D eigenvalue weighted by molar-refractivity contribution is 5.72. The molecule has 0 radical (unpaired) electrons. The van der Waals surface area contributed by atoms with Gasteiger partial charge in [-0.15, -0.1) is 0 Å². The minimum Gasteiger partial charge on any atom is -0.274 e. The molecule has 184 valence electrons. The number of non-ortho nitro benzene ring substituents is 2. The summed E-state index contributed by atoms with van der Waals surface area (Å²) in [5, 5.41) is 76.7. The van der Waals surface area contributed by atoms with E-state index in [-0.39, 0.29) is 0 Å². The van der Waals surface area contributed by atoms with Crippen LogP contribution in [0.3, 0.4) is 0 Å².